The van der Waals surface area contributed by atoms with Gasteiger partial charge in [-0.15, -0.1) is 0 Å². The minimum absolute atomic E-state index is 0.0750. The van der Waals surface area contributed by atoms with E-state index in [0.717, 1.165) is 0 Å². The first-order valence-electron chi connectivity index (χ1n) is 4.46. The van der Waals surface area contributed by atoms with Crippen molar-refractivity contribution in [2.24, 2.45) is 5.92 Å². The van der Waals surface area contributed by atoms with Gasteiger partial charge in [0, 0.05) is 19.1 Å². The summed E-state index contributed by atoms with van der Waals surface area (Å²) >= 11 is 0. The Labute approximate surface area is 74.2 Å². The highest BCUT2D eigenvalue weighted by Gasteiger charge is 2.07. The zero-order chi connectivity index (χ0) is 9.56. The molecule has 0 heterocycles. The minimum atomic E-state index is 0.0750. The van der Waals surface area contributed by atoms with Crippen molar-refractivity contribution in [3.63, 3.8) is 0 Å². The molecule has 0 aromatic carbocycles. The molecule has 0 rings (SSSR count). The smallest absolute Gasteiger partial charge is 0.220 e. The molecule has 0 aromatic rings. The largest absolute Gasteiger partial charge is 0.396 e. The maximum Gasteiger partial charge on any atom is 0.220 e. The Kier molecular flexibility index (Phi) is 5.72. The van der Waals surface area contributed by atoms with Crippen LogP contribution in [0.4, 0.5) is 0 Å². The van der Waals surface area contributed by atoms with E-state index in [4.69, 9.17) is 5.11 Å². The maximum absolute atomic E-state index is 11.1. The first-order chi connectivity index (χ1) is 5.56. The Bertz CT molecular complexity index is 134. The minimum Gasteiger partial charge on any atom is -0.396 e. The predicted octanol–water partition coefficient (Wildman–Crippen LogP) is 0.920. The van der Waals surface area contributed by atoms with Crippen molar-refractivity contribution in [1.29, 1.82) is 0 Å². The second kappa shape index (κ2) is 6.00. The van der Waals surface area contributed by atoms with Crippen molar-refractivity contribution in [2.75, 3.05) is 6.61 Å². The summed E-state index contributed by atoms with van der Waals surface area (Å²) in [5, 5.41) is 11.4. The normalized spacial score (nSPS) is 13.1. The molecule has 1 unspecified atom stereocenters. The first kappa shape index (κ1) is 11.4. The third kappa shape index (κ3) is 6.16. The molecule has 0 bridgehead atoms. The first-order valence-corrected chi connectivity index (χ1v) is 4.46. The summed E-state index contributed by atoms with van der Waals surface area (Å²) in [4.78, 5) is 11.1. The SMILES string of the molecule is CC(C)CC(=O)NC(C)CCO. The molecule has 0 aliphatic rings. The van der Waals surface area contributed by atoms with E-state index in [2.05, 4.69) is 5.32 Å². The second-order valence-corrected chi connectivity index (χ2v) is 3.58. The number of rotatable bonds is 5. The summed E-state index contributed by atoms with van der Waals surface area (Å²) in [6.45, 7) is 6.05. The van der Waals surface area contributed by atoms with Crippen LogP contribution < -0.4 is 5.32 Å². The number of carbonyl (C=O) groups excluding carboxylic acids is 1. The standard InChI is InChI=1S/C9H19NO2/c1-7(2)6-9(12)10-8(3)4-5-11/h7-8,11H,4-6H2,1-3H3,(H,10,12). The van der Waals surface area contributed by atoms with Gasteiger partial charge < -0.3 is 10.4 Å². The summed E-state index contributed by atoms with van der Waals surface area (Å²) in [6.07, 6.45) is 1.19. The fourth-order valence-corrected chi connectivity index (χ4v) is 0.970. The van der Waals surface area contributed by atoms with Gasteiger partial charge in [0.25, 0.3) is 0 Å². The monoisotopic (exact) mass is 173 g/mol. The van der Waals surface area contributed by atoms with Crippen molar-refractivity contribution >= 4 is 5.91 Å². The van der Waals surface area contributed by atoms with Crippen LogP contribution in [-0.2, 0) is 4.79 Å². The third-order valence-electron chi connectivity index (χ3n) is 1.56. The lowest BCUT2D eigenvalue weighted by Crippen LogP contribution is -2.33. The van der Waals surface area contributed by atoms with Gasteiger partial charge in [-0.25, -0.2) is 0 Å². The number of aliphatic hydroxyl groups excluding tert-OH is 1. The Balaban J connectivity index is 3.54. The van der Waals surface area contributed by atoms with Gasteiger partial charge in [-0.3, -0.25) is 4.79 Å². The Hall–Kier alpha value is -0.570. The Morgan fingerprint density at radius 2 is 2.00 bits per heavy atom. The Morgan fingerprint density at radius 3 is 2.42 bits per heavy atom. The van der Waals surface area contributed by atoms with E-state index >= 15 is 0 Å². The topological polar surface area (TPSA) is 49.3 Å². The number of hydrogen-bond acceptors (Lipinski definition) is 2. The molecule has 0 fully saturated rings. The van der Waals surface area contributed by atoms with E-state index < -0.39 is 0 Å². The van der Waals surface area contributed by atoms with Gasteiger partial charge in [-0.05, 0) is 19.3 Å². The fraction of sp³-hybridized carbons (Fsp3) is 0.889. The van der Waals surface area contributed by atoms with E-state index in [0.29, 0.717) is 18.8 Å². The molecule has 12 heavy (non-hydrogen) atoms. The highest BCUT2D eigenvalue weighted by atomic mass is 16.3. The van der Waals surface area contributed by atoms with Crippen LogP contribution in [0.25, 0.3) is 0 Å². The predicted molar refractivity (Wildman–Crippen MR) is 48.8 cm³/mol. The quantitative estimate of drug-likeness (QED) is 0.649. The van der Waals surface area contributed by atoms with E-state index in [1.54, 1.807) is 0 Å². The molecule has 0 spiro atoms. The van der Waals surface area contributed by atoms with Gasteiger partial charge in [0.05, 0.1) is 0 Å². The van der Waals surface area contributed by atoms with Crippen LogP contribution in [0.5, 0.6) is 0 Å². The van der Waals surface area contributed by atoms with E-state index in [1.807, 2.05) is 20.8 Å². The molecule has 0 aliphatic heterocycles. The lowest BCUT2D eigenvalue weighted by Gasteiger charge is -2.13. The maximum atomic E-state index is 11.1. The van der Waals surface area contributed by atoms with Crippen LogP contribution in [0.3, 0.4) is 0 Å². The van der Waals surface area contributed by atoms with Crippen molar-refractivity contribution in [2.45, 2.75) is 39.7 Å². The van der Waals surface area contributed by atoms with E-state index in [-0.39, 0.29) is 18.6 Å². The molecule has 0 aliphatic carbocycles. The van der Waals surface area contributed by atoms with Gasteiger partial charge in [0.2, 0.25) is 5.91 Å². The number of nitrogens with one attached hydrogen (secondary N) is 1. The average molecular weight is 173 g/mol. The highest BCUT2D eigenvalue weighted by Crippen LogP contribution is 1.99. The Morgan fingerprint density at radius 1 is 1.42 bits per heavy atom. The van der Waals surface area contributed by atoms with Gasteiger partial charge in [-0.1, -0.05) is 13.8 Å². The van der Waals surface area contributed by atoms with Gasteiger partial charge >= 0.3 is 0 Å². The van der Waals surface area contributed by atoms with Crippen LogP contribution in [0.15, 0.2) is 0 Å². The lowest BCUT2D eigenvalue weighted by atomic mass is 10.1. The fourth-order valence-electron chi connectivity index (χ4n) is 0.970. The van der Waals surface area contributed by atoms with Crippen molar-refractivity contribution in [3.8, 4) is 0 Å². The van der Waals surface area contributed by atoms with Crippen LogP contribution in [0.1, 0.15) is 33.6 Å². The molecule has 72 valence electrons. The molecule has 0 radical (unpaired) electrons. The molecular formula is C9H19NO2. The molecule has 3 heteroatoms. The second-order valence-electron chi connectivity index (χ2n) is 3.58. The van der Waals surface area contributed by atoms with E-state index in [9.17, 15) is 4.79 Å². The molecule has 2 N–H and O–H groups in total. The third-order valence-corrected chi connectivity index (χ3v) is 1.56. The molecule has 1 atom stereocenters. The van der Waals surface area contributed by atoms with E-state index in [1.165, 1.54) is 0 Å². The number of carbonyl (C=O) groups is 1. The van der Waals surface area contributed by atoms with Crippen LogP contribution in [0, 0.1) is 5.92 Å². The van der Waals surface area contributed by atoms with Crippen LogP contribution in [0.2, 0.25) is 0 Å². The summed E-state index contributed by atoms with van der Waals surface area (Å²) < 4.78 is 0. The summed E-state index contributed by atoms with van der Waals surface area (Å²) in [6, 6.07) is 0.0845. The lowest BCUT2D eigenvalue weighted by molar-refractivity contribution is -0.122. The zero-order valence-electron chi connectivity index (χ0n) is 8.13. The van der Waals surface area contributed by atoms with Gasteiger partial charge in [-0.2, -0.15) is 0 Å². The van der Waals surface area contributed by atoms with Crippen molar-refractivity contribution in [3.05, 3.63) is 0 Å². The summed E-state index contributed by atoms with van der Waals surface area (Å²) in [5.74, 6) is 0.470. The van der Waals surface area contributed by atoms with Gasteiger partial charge in [0.15, 0.2) is 0 Å². The summed E-state index contributed by atoms with van der Waals surface area (Å²) in [5.41, 5.74) is 0. The molecule has 0 aromatic heterocycles. The molecule has 0 saturated heterocycles. The van der Waals surface area contributed by atoms with Crippen LogP contribution in [-0.4, -0.2) is 23.7 Å². The number of aliphatic hydroxyl groups is 1. The van der Waals surface area contributed by atoms with Crippen LogP contribution >= 0.6 is 0 Å². The average Bonchev–Trinajstić information content (AvgIpc) is 1.84. The zero-order valence-corrected chi connectivity index (χ0v) is 8.13. The number of amides is 1. The van der Waals surface area contributed by atoms with Gasteiger partial charge in [0.1, 0.15) is 0 Å². The molecule has 3 nitrogen and oxygen atoms in total. The molecular weight excluding hydrogens is 154 g/mol. The molecule has 1 amide bonds. The van der Waals surface area contributed by atoms with Crippen molar-refractivity contribution in [1.82, 2.24) is 5.32 Å². The highest BCUT2D eigenvalue weighted by molar-refractivity contribution is 5.76. The summed E-state index contributed by atoms with van der Waals surface area (Å²) in [7, 11) is 0. The molecule has 0 saturated carbocycles. The van der Waals surface area contributed by atoms with Crippen molar-refractivity contribution < 1.29 is 9.90 Å². The number of hydrogen-bond donors (Lipinski definition) is 2.